The van der Waals surface area contributed by atoms with Crippen LogP contribution in [-0.4, -0.2) is 25.0 Å². The number of aliphatic imine (C=N–C) groups is 2. The minimum Gasteiger partial charge on any atom is -0.292 e. The van der Waals surface area contributed by atoms with Gasteiger partial charge in [-0.2, -0.15) is 0 Å². The summed E-state index contributed by atoms with van der Waals surface area (Å²) in [6.45, 7) is 1.91. The quantitative estimate of drug-likeness (QED) is 0.476. The van der Waals surface area contributed by atoms with E-state index in [-0.39, 0.29) is 0 Å². The Kier molecular flexibility index (Phi) is 1.38. The van der Waals surface area contributed by atoms with Gasteiger partial charge in [0.25, 0.3) is 0 Å². The SMILES string of the molecule is C1=NCCC2=NCCC=C12. The maximum atomic E-state index is 4.41. The fourth-order valence-electron chi connectivity index (χ4n) is 1.31. The first-order valence-electron chi connectivity index (χ1n) is 3.70. The summed E-state index contributed by atoms with van der Waals surface area (Å²) in [5.41, 5.74) is 2.53. The van der Waals surface area contributed by atoms with Crippen LogP contribution in [0.3, 0.4) is 0 Å². The van der Waals surface area contributed by atoms with Gasteiger partial charge in [-0.1, -0.05) is 6.08 Å². The van der Waals surface area contributed by atoms with Gasteiger partial charge >= 0.3 is 0 Å². The Labute approximate surface area is 60.4 Å². The van der Waals surface area contributed by atoms with Gasteiger partial charge in [0.1, 0.15) is 0 Å². The van der Waals surface area contributed by atoms with Crippen LogP contribution < -0.4 is 0 Å². The van der Waals surface area contributed by atoms with Crippen LogP contribution in [0.15, 0.2) is 21.6 Å². The molecule has 0 N–H and O–H groups in total. The monoisotopic (exact) mass is 134 g/mol. The molecule has 0 aromatic carbocycles. The Balaban J connectivity index is 2.33. The normalized spacial score (nSPS) is 23.2. The molecule has 0 saturated carbocycles. The van der Waals surface area contributed by atoms with Crippen LogP contribution >= 0.6 is 0 Å². The number of hydrogen-bond donors (Lipinski definition) is 0. The van der Waals surface area contributed by atoms with Crippen molar-refractivity contribution in [2.24, 2.45) is 9.98 Å². The number of hydrogen-bond acceptors (Lipinski definition) is 2. The van der Waals surface area contributed by atoms with E-state index in [9.17, 15) is 0 Å². The van der Waals surface area contributed by atoms with Crippen LogP contribution in [0.2, 0.25) is 0 Å². The highest BCUT2D eigenvalue weighted by atomic mass is 14.8. The highest BCUT2D eigenvalue weighted by molar-refractivity contribution is 6.17. The summed E-state index contributed by atoms with van der Waals surface area (Å²) >= 11 is 0. The molecule has 0 radical (unpaired) electrons. The zero-order chi connectivity index (χ0) is 6.81. The fourth-order valence-corrected chi connectivity index (χ4v) is 1.31. The van der Waals surface area contributed by atoms with E-state index in [1.807, 2.05) is 6.21 Å². The summed E-state index contributed by atoms with van der Waals surface area (Å²) in [7, 11) is 0. The molecular weight excluding hydrogens is 124 g/mol. The Morgan fingerprint density at radius 3 is 3.20 bits per heavy atom. The van der Waals surface area contributed by atoms with Gasteiger partial charge in [-0.25, -0.2) is 0 Å². The third kappa shape index (κ3) is 0.897. The van der Waals surface area contributed by atoms with Crippen molar-refractivity contribution < 1.29 is 0 Å². The third-order valence-corrected chi connectivity index (χ3v) is 1.84. The largest absolute Gasteiger partial charge is 0.292 e. The highest BCUT2D eigenvalue weighted by Crippen LogP contribution is 2.11. The zero-order valence-corrected chi connectivity index (χ0v) is 5.88. The Bertz CT molecular complexity index is 223. The molecule has 2 rings (SSSR count). The van der Waals surface area contributed by atoms with Crippen LogP contribution in [0.5, 0.6) is 0 Å². The summed E-state index contributed by atoms with van der Waals surface area (Å²) in [6, 6.07) is 0. The smallest absolute Gasteiger partial charge is 0.0451 e. The molecular formula is C8H10N2. The second kappa shape index (κ2) is 2.37. The number of nitrogens with zero attached hydrogens (tertiary/aromatic N) is 2. The lowest BCUT2D eigenvalue weighted by Crippen LogP contribution is -2.14. The molecule has 2 nitrogen and oxygen atoms in total. The van der Waals surface area contributed by atoms with Crippen molar-refractivity contribution in [2.45, 2.75) is 12.8 Å². The molecule has 0 aromatic heterocycles. The van der Waals surface area contributed by atoms with E-state index in [1.165, 1.54) is 11.3 Å². The van der Waals surface area contributed by atoms with Crippen molar-refractivity contribution in [1.29, 1.82) is 0 Å². The summed E-state index contributed by atoms with van der Waals surface area (Å²) in [5, 5.41) is 0. The Morgan fingerprint density at radius 2 is 2.30 bits per heavy atom. The second-order valence-corrected chi connectivity index (χ2v) is 2.56. The topological polar surface area (TPSA) is 24.7 Å². The van der Waals surface area contributed by atoms with E-state index >= 15 is 0 Å². The third-order valence-electron chi connectivity index (χ3n) is 1.84. The first kappa shape index (κ1) is 5.83. The molecule has 2 aliphatic rings. The van der Waals surface area contributed by atoms with Gasteiger partial charge in [0, 0.05) is 37.0 Å². The summed E-state index contributed by atoms with van der Waals surface area (Å²) in [5.74, 6) is 0. The number of allylic oxidation sites excluding steroid dienone is 1. The summed E-state index contributed by atoms with van der Waals surface area (Å²) < 4.78 is 0. The predicted octanol–water partition coefficient (Wildman–Crippen LogP) is 1.23. The first-order chi connectivity index (χ1) is 4.97. The molecule has 0 saturated heterocycles. The molecule has 0 aromatic rings. The number of rotatable bonds is 0. The van der Waals surface area contributed by atoms with Crippen LogP contribution in [0.4, 0.5) is 0 Å². The molecule has 0 atom stereocenters. The molecule has 0 amide bonds. The van der Waals surface area contributed by atoms with Gasteiger partial charge in [-0.15, -0.1) is 0 Å². The molecule has 0 unspecified atom stereocenters. The van der Waals surface area contributed by atoms with E-state index in [0.717, 1.165) is 25.9 Å². The van der Waals surface area contributed by atoms with Crippen molar-refractivity contribution in [3.8, 4) is 0 Å². The maximum Gasteiger partial charge on any atom is 0.0451 e. The van der Waals surface area contributed by atoms with Gasteiger partial charge < -0.3 is 0 Å². The average molecular weight is 134 g/mol. The van der Waals surface area contributed by atoms with Crippen molar-refractivity contribution >= 4 is 11.9 Å². The van der Waals surface area contributed by atoms with Crippen LogP contribution in [0, 0.1) is 0 Å². The van der Waals surface area contributed by atoms with E-state index in [2.05, 4.69) is 16.1 Å². The van der Waals surface area contributed by atoms with Crippen LogP contribution in [-0.2, 0) is 0 Å². The highest BCUT2D eigenvalue weighted by Gasteiger charge is 2.10. The van der Waals surface area contributed by atoms with E-state index in [0.29, 0.717) is 0 Å². The van der Waals surface area contributed by atoms with E-state index in [1.54, 1.807) is 0 Å². The number of fused-ring (bicyclic) bond motifs is 1. The standard InChI is InChI=1S/C8H10N2/c1-2-7-6-9-5-3-8(7)10-4-1/h2,6H,1,3-5H2. The van der Waals surface area contributed by atoms with Crippen molar-refractivity contribution in [3.05, 3.63) is 11.6 Å². The van der Waals surface area contributed by atoms with Gasteiger partial charge in [-0.3, -0.25) is 9.98 Å². The lowest BCUT2D eigenvalue weighted by molar-refractivity contribution is 0.942. The van der Waals surface area contributed by atoms with Crippen molar-refractivity contribution in [2.75, 3.05) is 13.1 Å². The molecule has 2 aliphatic heterocycles. The number of dihydropyridines is 1. The molecule has 2 heterocycles. The van der Waals surface area contributed by atoms with Crippen molar-refractivity contribution in [1.82, 2.24) is 0 Å². The van der Waals surface area contributed by atoms with Crippen molar-refractivity contribution in [3.63, 3.8) is 0 Å². The van der Waals surface area contributed by atoms with Gasteiger partial charge in [0.2, 0.25) is 0 Å². The predicted molar refractivity (Wildman–Crippen MR) is 43.0 cm³/mol. The minimum absolute atomic E-state index is 0.927. The first-order valence-corrected chi connectivity index (χ1v) is 3.70. The minimum atomic E-state index is 0.927. The van der Waals surface area contributed by atoms with E-state index < -0.39 is 0 Å². The lowest BCUT2D eigenvalue weighted by Gasteiger charge is -2.14. The van der Waals surface area contributed by atoms with Crippen LogP contribution in [0.25, 0.3) is 0 Å². The zero-order valence-electron chi connectivity index (χ0n) is 5.88. The molecule has 0 spiro atoms. The Hall–Kier alpha value is -0.920. The molecule has 10 heavy (non-hydrogen) atoms. The average Bonchev–Trinajstić information content (AvgIpc) is 2.05. The fraction of sp³-hybridized carbons (Fsp3) is 0.500. The molecule has 0 fully saturated rings. The molecule has 52 valence electrons. The summed E-state index contributed by atoms with van der Waals surface area (Å²) in [6.07, 6.45) is 6.31. The molecule has 2 heteroatoms. The van der Waals surface area contributed by atoms with Gasteiger partial charge in [0.15, 0.2) is 0 Å². The molecule has 0 aliphatic carbocycles. The lowest BCUT2D eigenvalue weighted by atomic mass is 10.0. The van der Waals surface area contributed by atoms with E-state index in [4.69, 9.17) is 0 Å². The molecule has 0 bridgehead atoms. The summed E-state index contributed by atoms with van der Waals surface area (Å²) in [4.78, 5) is 8.60. The Morgan fingerprint density at radius 1 is 1.30 bits per heavy atom. The maximum absolute atomic E-state index is 4.41. The van der Waals surface area contributed by atoms with Crippen LogP contribution in [0.1, 0.15) is 12.8 Å². The van der Waals surface area contributed by atoms with Gasteiger partial charge in [-0.05, 0) is 6.42 Å². The second-order valence-electron chi connectivity index (χ2n) is 2.56. The van der Waals surface area contributed by atoms with Gasteiger partial charge in [0.05, 0.1) is 0 Å².